The van der Waals surface area contributed by atoms with Gasteiger partial charge in [0.1, 0.15) is 0 Å². The molecule has 0 radical (unpaired) electrons. The van der Waals surface area contributed by atoms with E-state index in [1.54, 1.807) is 12.3 Å². The van der Waals surface area contributed by atoms with Gasteiger partial charge in [0, 0.05) is 37.5 Å². The molecule has 5 heteroatoms. The molecular weight excluding hydrogens is 280 g/mol. The monoisotopic (exact) mass is 308 g/mol. The van der Waals surface area contributed by atoms with E-state index in [9.17, 15) is 15.0 Å². The minimum Gasteiger partial charge on any atom is -0.503 e. The van der Waals surface area contributed by atoms with E-state index in [0.29, 0.717) is 18.5 Å². The summed E-state index contributed by atoms with van der Waals surface area (Å²) in [6.07, 6.45) is 5.81. The van der Waals surface area contributed by atoms with Gasteiger partial charge in [-0.1, -0.05) is 20.3 Å². The van der Waals surface area contributed by atoms with Crippen LogP contribution in [0.4, 0.5) is 0 Å². The number of hydrogen-bond donors (Lipinski definition) is 2. The van der Waals surface area contributed by atoms with Crippen molar-refractivity contribution >= 4 is 0 Å². The van der Waals surface area contributed by atoms with Gasteiger partial charge in [0.25, 0.3) is 0 Å². The number of piperidine rings is 1. The molecule has 5 nitrogen and oxygen atoms in total. The number of nitrogens with zero attached hydrogens (tertiary/aromatic N) is 2. The van der Waals surface area contributed by atoms with E-state index in [4.69, 9.17) is 0 Å². The van der Waals surface area contributed by atoms with Crippen molar-refractivity contribution in [3.8, 4) is 5.75 Å². The molecule has 1 saturated heterocycles. The van der Waals surface area contributed by atoms with Crippen LogP contribution in [0.1, 0.15) is 45.2 Å². The molecule has 1 aliphatic heterocycles. The van der Waals surface area contributed by atoms with Gasteiger partial charge >= 0.3 is 0 Å². The van der Waals surface area contributed by atoms with Gasteiger partial charge in [0.05, 0.1) is 6.20 Å². The Hall–Kier alpha value is -1.33. The summed E-state index contributed by atoms with van der Waals surface area (Å²) in [7, 11) is 0. The number of aromatic nitrogens is 1. The lowest BCUT2D eigenvalue weighted by molar-refractivity contribution is 0.109. The summed E-state index contributed by atoms with van der Waals surface area (Å²) in [6, 6.07) is 1.94. The molecule has 0 aliphatic carbocycles. The molecule has 0 aromatic carbocycles. The van der Waals surface area contributed by atoms with E-state index in [-0.39, 0.29) is 17.8 Å². The first-order chi connectivity index (χ1) is 10.5. The summed E-state index contributed by atoms with van der Waals surface area (Å²) in [5.74, 6) is 0.255. The summed E-state index contributed by atoms with van der Waals surface area (Å²) in [6.45, 7) is 6.92. The highest BCUT2D eigenvalue weighted by Crippen LogP contribution is 2.22. The van der Waals surface area contributed by atoms with Crippen LogP contribution in [0.5, 0.6) is 5.75 Å². The normalized spacial score (nSPS) is 19.7. The smallest absolute Gasteiger partial charge is 0.223 e. The molecule has 0 bridgehead atoms. The zero-order valence-corrected chi connectivity index (χ0v) is 13.7. The SMILES string of the molecule is CC(C)Cn1cc(O)c(=O)cc1CN1CCCCC1CCO. The fraction of sp³-hybridized carbons (Fsp3) is 0.706. The Balaban J connectivity index is 2.22. The van der Waals surface area contributed by atoms with Crippen molar-refractivity contribution in [3.63, 3.8) is 0 Å². The van der Waals surface area contributed by atoms with Crippen LogP contribution in [0.2, 0.25) is 0 Å². The van der Waals surface area contributed by atoms with Crippen LogP contribution >= 0.6 is 0 Å². The lowest BCUT2D eigenvalue weighted by atomic mass is 9.99. The number of rotatable bonds is 6. The minimum atomic E-state index is -0.314. The Bertz CT molecular complexity index is 537. The molecule has 2 N–H and O–H groups in total. The highest BCUT2D eigenvalue weighted by Gasteiger charge is 2.23. The van der Waals surface area contributed by atoms with Gasteiger partial charge in [-0.25, -0.2) is 0 Å². The Morgan fingerprint density at radius 3 is 2.82 bits per heavy atom. The van der Waals surface area contributed by atoms with E-state index >= 15 is 0 Å². The van der Waals surface area contributed by atoms with Crippen molar-refractivity contribution < 1.29 is 10.2 Å². The number of aromatic hydroxyl groups is 1. The first-order valence-corrected chi connectivity index (χ1v) is 8.28. The first-order valence-electron chi connectivity index (χ1n) is 8.28. The van der Waals surface area contributed by atoms with E-state index in [0.717, 1.165) is 38.0 Å². The number of aliphatic hydroxyl groups excluding tert-OH is 1. The van der Waals surface area contributed by atoms with Crippen LogP contribution in [0.15, 0.2) is 17.1 Å². The summed E-state index contributed by atoms with van der Waals surface area (Å²) >= 11 is 0. The average Bonchev–Trinajstić information content (AvgIpc) is 2.46. The highest BCUT2D eigenvalue weighted by atomic mass is 16.3. The fourth-order valence-electron chi connectivity index (χ4n) is 3.25. The van der Waals surface area contributed by atoms with Gasteiger partial charge in [0.2, 0.25) is 5.43 Å². The van der Waals surface area contributed by atoms with Crippen LogP contribution < -0.4 is 5.43 Å². The molecular formula is C17H28N2O3. The predicted molar refractivity (Wildman–Crippen MR) is 87.0 cm³/mol. The zero-order valence-electron chi connectivity index (χ0n) is 13.7. The molecule has 1 aromatic heterocycles. The zero-order chi connectivity index (χ0) is 16.1. The van der Waals surface area contributed by atoms with Gasteiger partial charge in [-0.3, -0.25) is 9.69 Å². The molecule has 22 heavy (non-hydrogen) atoms. The predicted octanol–water partition coefficient (Wildman–Crippen LogP) is 1.95. The topological polar surface area (TPSA) is 65.7 Å². The summed E-state index contributed by atoms with van der Waals surface area (Å²) in [5.41, 5.74) is 0.632. The molecule has 124 valence electrons. The minimum absolute atomic E-state index is 0.185. The molecule has 1 unspecified atom stereocenters. The summed E-state index contributed by atoms with van der Waals surface area (Å²) in [4.78, 5) is 14.2. The largest absolute Gasteiger partial charge is 0.503 e. The van der Waals surface area contributed by atoms with Crippen molar-refractivity contribution in [3.05, 3.63) is 28.2 Å². The van der Waals surface area contributed by atoms with E-state index < -0.39 is 0 Å². The van der Waals surface area contributed by atoms with Crippen molar-refractivity contribution in [2.45, 2.75) is 58.7 Å². The van der Waals surface area contributed by atoms with Crippen LogP contribution in [-0.4, -0.2) is 38.9 Å². The molecule has 1 fully saturated rings. The quantitative estimate of drug-likeness (QED) is 0.843. The molecule has 0 saturated carbocycles. The second-order valence-corrected chi connectivity index (χ2v) is 6.69. The van der Waals surface area contributed by atoms with E-state index in [2.05, 4.69) is 18.7 Å². The third kappa shape index (κ3) is 4.34. The van der Waals surface area contributed by atoms with Gasteiger partial charge < -0.3 is 14.8 Å². The second-order valence-electron chi connectivity index (χ2n) is 6.69. The number of likely N-dealkylation sites (tertiary alicyclic amines) is 1. The third-order valence-corrected chi connectivity index (χ3v) is 4.34. The van der Waals surface area contributed by atoms with E-state index in [1.807, 2.05) is 4.57 Å². The van der Waals surface area contributed by atoms with Crippen molar-refractivity contribution in [2.24, 2.45) is 5.92 Å². The summed E-state index contributed by atoms with van der Waals surface area (Å²) < 4.78 is 1.99. The average molecular weight is 308 g/mol. The first kappa shape index (κ1) is 17.0. The Labute approximate surface area is 132 Å². The van der Waals surface area contributed by atoms with Crippen LogP contribution in [0.25, 0.3) is 0 Å². The van der Waals surface area contributed by atoms with Gasteiger partial charge in [-0.2, -0.15) is 0 Å². The lowest BCUT2D eigenvalue weighted by Gasteiger charge is -2.36. The van der Waals surface area contributed by atoms with Crippen molar-refractivity contribution in [1.82, 2.24) is 9.47 Å². The molecule has 2 heterocycles. The number of pyridine rings is 1. The molecule has 1 atom stereocenters. The Kier molecular flexibility index (Phi) is 6.03. The van der Waals surface area contributed by atoms with Crippen molar-refractivity contribution in [2.75, 3.05) is 13.2 Å². The Morgan fingerprint density at radius 1 is 1.36 bits per heavy atom. The molecule has 0 spiro atoms. The standard InChI is InChI=1S/C17H28N2O3/c1-13(2)10-19-12-17(22)16(21)9-15(19)11-18-7-4-3-5-14(18)6-8-20/h9,12-14,20,22H,3-8,10-11H2,1-2H3. The summed E-state index contributed by atoms with van der Waals surface area (Å²) in [5, 5.41) is 18.9. The van der Waals surface area contributed by atoms with E-state index in [1.165, 1.54) is 6.42 Å². The van der Waals surface area contributed by atoms with Crippen LogP contribution in [0, 0.1) is 5.92 Å². The second kappa shape index (κ2) is 7.79. The van der Waals surface area contributed by atoms with Crippen molar-refractivity contribution in [1.29, 1.82) is 0 Å². The Morgan fingerprint density at radius 2 is 2.14 bits per heavy atom. The van der Waals surface area contributed by atoms with Gasteiger partial charge in [-0.15, -0.1) is 0 Å². The van der Waals surface area contributed by atoms with Gasteiger partial charge in [-0.05, 0) is 31.7 Å². The van der Waals surface area contributed by atoms with Crippen LogP contribution in [0.3, 0.4) is 0 Å². The lowest BCUT2D eigenvalue weighted by Crippen LogP contribution is -2.40. The molecule has 1 aromatic rings. The molecule has 1 aliphatic rings. The highest BCUT2D eigenvalue weighted by molar-refractivity contribution is 5.20. The third-order valence-electron chi connectivity index (χ3n) is 4.34. The molecule has 0 amide bonds. The van der Waals surface area contributed by atoms with Gasteiger partial charge in [0.15, 0.2) is 5.75 Å². The number of hydrogen-bond acceptors (Lipinski definition) is 4. The maximum absolute atomic E-state index is 11.8. The van der Waals surface area contributed by atoms with Crippen LogP contribution in [-0.2, 0) is 13.1 Å². The number of aliphatic hydroxyl groups is 1. The molecule has 2 rings (SSSR count). The maximum atomic E-state index is 11.8. The maximum Gasteiger partial charge on any atom is 0.223 e. The fourth-order valence-corrected chi connectivity index (χ4v) is 3.25.